The van der Waals surface area contributed by atoms with E-state index in [9.17, 15) is 5.11 Å². The van der Waals surface area contributed by atoms with E-state index in [4.69, 9.17) is 4.74 Å². The Morgan fingerprint density at radius 3 is 2.55 bits per heavy atom. The molecule has 0 saturated heterocycles. The van der Waals surface area contributed by atoms with E-state index in [-0.39, 0.29) is 12.2 Å². The molecule has 0 amide bonds. The van der Waals surface area contributed by atoms with Crippen LogP contribution in [0.4, 0.5) is 0 Å². The molecule has 0 aromatic carbocycles. The van der Waals surface area contributed by atoms with Crippen LogP contribution in [0.5, 0.6) is 0 Å². The number of ether oxygens (including phenoxy) is 1. The van der Waals surface area contributed by atoms with Gasteiger partial charge in [-0.1, -0.05) is 0 Å². The molecule has 0 aliphatic rings. The first-order chi connectivity index (χ1) is 5.16. The Hall–Kier alpha value is 0.270. The predicted molar refractivity (Wildman–Crippen MR) is 50.1 cm³/mol. The summed E-state index contributed by atoms with van der Waals surface area (Å²) in [6.45, 7) is 4.67. The van der Waals surface area contributed by atoms with Crippen LogP contribution in [0.15, 0.2) is 0 Å². The first-order valence-corrected chi connectivity index (χ1v) is 5.34. The van der Waals surface area contributed by atoms with E-state index in [2.05, 4.69) is 0 Å². The minimum Gasteiger partial charge on any atom is -0.392 e. The van der Waals surface area contributed by atoms with E-state index in [1.54, 1.807) is 11.8 Å². The number of aliphatic hydroxyl groups is 1. The van der Waals surface area contributed by atoms with Crippen LogP contribution in [-0.2, 0) is 4.74 Å². The van der Waals surface area contributed by atoms with E-state index < -0.39 is 0 Å². The molecule has 0 saturated carbocycles. The molecule has 2 nitrogen and oxygen atoms in total. The van der Waals surface area contributed by atoms with Crippen molar-refractivity contribution >= 4 is 11.8 Å². The van der Waals surface area contributed by atoms with Crippen molar-refractivity contribution in [2.24, 2.45) is 0 Å². The van der Waals surface area contributed by atoms with Gasteiger partial charge in [-0.15, -0.1) is 0 Å². The Morgan fingerprint density at radius 2 is 2.09 bits per heavy atom. The summed E-state index contributed by atoms with van der Waals surface area (Å²) in [7, 11) is 0. The molecule has 0 fully saturated rings. The molecule has 68 valence electrons. The Morgan fingerprint density at radius 1 is 1.45 bits per heavy atom. The van der Waals surface area contributed by atoms with Crippen molar-refractivity contribution in [1.29, 1.82) is 0 Å². The molecule has 0 aliphatic heterocycles. The quantitative estimate of drug-likeness (QED) is 0.669. The third-order valence-corrected chi connectivity index (χ3v) is 1.98. The van der Waals surface area contributed by atoms with Gasteiger partial charge >= 0.3 is 0 Å². The number of hydrogen-bond donors (Lipinski definition) is 1. The molecule has 11 heavy (non-hydrogen) atoms. The van der Waals surface area contributed by atoms with Gasteiger partial charge in [-0.2, -0.15) is 11.8 Å². The zero-order valence-corrected chi connectivity index (χ0v) is 8.36. The maximum Gasteiger partial charge on any atom is 0.0652 e. The largest absolute Gasteiger partial charge is 0.392 e. The van der Waals surface area contributed by atoms with E-state index in [1.165, 1.54) is 0 Å². The van der Waals surface area contributed by atoms with Gasteiger partial charge in [0, 0.05) is 12.4 Å². The molecule has 0 heterocycles. The lowest BCUT2D eigenvalue weighted by Gasteiger charge is -2.10. The van der Waals surface area contributed by atoms with Crippen molar-refractivity contribution in [2.45, 2.75) is 32.5 Å². The van der Waals surface area contributed by atoms with Gasteiger partial charge in [-0.3, -0.25) is 0 Å². The lowest BCUT2D eigenvalue weighted by atomic mass is 10.3. The highest BCUT2D eigenvalue weighted by molar-refractivity contribution is 7.98. The Labute approximate surface area is 73.3 Å². The summed E-state index contributed by atoms with van der Waals surface area (Å²) in [5.41, 5.74) is 0. The molecular weight excluding hydrogens is 160 g/mol. The third kappa shape index (κ3) is 8.17. The fourth-order valence-electron chi connectivity index (χ4n) is 0.716. The maximum atomic E-state index is 9.26. The molecule has 0 bridgehead atoms. The first kappa shape index (κ1) is 11.3. The number of hydrogen-bond acceptors (Lipinski definition) is 3. The zero-order valence-electron chi connectivity index (χ0n) is 7.54. The number of rotatable bonds is 6. The van der Waals surface area contributed by atoms with Crippen LogP contribution in [0.2, 0.25) is 0 Å². The van der Waals surface area contributed by atoms with E-state index >= 15 is 0 Å². The topological polar surface area (TPSA) is 29.5 Å². The second-order valence-corrected chi connectivity index (χ2v) is 3.73. The van der Waals surface area contributed by atoms with Gasteiger partial charge in [0.25, 0.3) is 0 Å². The van der Waals surface area contributed by atoms with Crippen LogP contribution in [0, 0.1) is 0 Å². The molecule has 0 aromatic heterocycles. The average molecular weight is 178 g/mol. The molecule has 3 heteroatoms. The molecule has 0 aromatic rings. The van der Waals surface area contributed by atoms with Crippen molar-refractivity contribution in [3.05, 3.63) is 0 Å². The van der Waals surface area contributed by atoms with Crippen molar-refractivity contribution in [3.8, 4) is 0 Å². The van der Waals surface area contributed by atoms with Crippen LogP contribution in [0.1, 0.15) is 20.3 Å². The second-order valence-electron chi connectivity index (χ2n) is 2.82. The molecule has 0 rings (SSSR count). The summed E-state index contributed by atoms with van der Waals surface area (Å²) in [6, 6.07) is 0. The summed E-state index contributed by atoms with van der Waals surface area (Å²) >= 11 is 1.66. The highest BCUT2D eigenvalue weighted by Crippen LogP contribution is 2.01. The second kappa shape index (κ2) is 6.95. The van der Waals surface area contributed by atoms with Gasteiger partial charge in [0.1, 0.15) is 0 Å². The van der Waals surface area contributed by atoms with Crippen molar-refractivity contribution in [2.75, 3.05) is 18.6 Å². The Balaban J connectivity index is 3.10. The number of aliphatic hydroxyl groups excluding tert-OH is 1. The van der Waals surface area contributed by atoms with Crippen LogP contribution in [0.3, 0.4) is 0 Å². The van der Waals surface area contributed by atoms with E-state index in [0.717, 1.165) is 12.2 Å². The van der Waals surface area contributed by atoms with E-state index in [1.807, 2.05) is 20.1 Å². The SMILES string of the molecule is CSCC(O)CCOC(C)C. The zero-order chi connectivity index (χ0) is 8.69. The Kier molecular flexibility index (Phi) is 7.12. The summed E-state index contributed by atoms with van der Waals surface area (Å²) < 4.78 is 5.29. The first-order valence-electron chi connectivity index (χ1n) is 3.95. The summed E-state index contributed by atoms with van der Waals surface area (Å²) in [5.74, 6) is 0.807. The molecule has 1 unspecified atom stereocenters. The van der Waals surface area contributed by atoms with Crippen molar-refractivity contribution in [1.82, 2.24) is 0 Å². The summed E-state index contributed by atoms with van der Waals surface area (Å²) in [4.78, 5) is 0. The number of thioether (sulfide) groups is 1. The summed E-state index contributed by atoms with van der Waals surface area (Å²) in [6.07, 6.45) is 2.81. The average Bonchev–Trinajstić information content (AvgIpc) is 1.87. The molecule has 0 aliphatic carbocycles. The van der Waals surface area contributed by atoms with Gasteiger partial charge in [-0.25, -0.2) is 0 Å². The fourth-order valence-corrected chi connectivity index (χ4v) is 1.27. The van der Waals surface area contributed by atoms with Crippen LogP contribution < -0.4 is 0 Å². The predicted octanol–water partition coefficient (Wildman–Crippen LogP) is 1.53. The van der Waals surface area contributed by atoms with Crippen molar-refractivity contribution < 1.29 is 9.84 Å². The van der Waals surface area contributed by atoms with Gasteiger partial charge in [-0.05, 0) is 26.5 Å². The molecule has 1 atom stereocenters. The van der Waals surface area contributed by atoms with Gasteiger partial charge < -0.3 is 9.84 Å². The smallest absolute Gasteiger partial charge is 0.0652 e. The van der Waals surface area contributed by atoms with Gasteiger partial charge in [0.2, 0.25) is 0 Å². The standard InChI is InChI=1S/C8H18O2S/c1-7(2)10-5-4-8(9)6-11-3/h7-9H,4-6H2,1-3H3. The molecule has 1 N–H and O–H groups in total. The maximum absolute atomic E-state index is 9.26. The minimum absolute atomic E-state index is 0.205. The molecular formula is C8H18O2S. The van der Waals surface area contributed by atoms with Gasteiger partial charge in [0.15, 0.2) is 0 Å². The molecule has 0 radical (unpaired) electrons. The highest BCUT2D eigenvalue weighted by Gasteiger charge is 2.02. The van der Waals surface area contributed by atoms with Crippen LogP contribution in [-0.4, -0.2) is 35.9 Å². The van der Waals surface area contributed by atoms with Crippen molar-refractivity contribution in [3.63, 3.8) is 0 Å². The van der Waals surface area contributed by atoms with Crippen LogP contribution in [0.25, 0.3) is 0 Å². The molecule has 0 spiro atoms. The summed E-state index contributed by atoms with van der Waals surface area (Å²) in [5, 5.41) is 9.26. The third-order valence-electron chi connectivity index (χ3n) is 1.26. The lowest BCUT2D eigenvalue weighted by Crippen LogP contribution is -2.15. The van der Waals surface area contributed by atoms with Gasteiger partial charge in [0.05, 0.1) is 12.2 Å². The fraction of sp³-hybridized carbons (Fsp3) is 1.00. The van der Waals surface area contributed by atoms with E-state index in [0.29, 0.717) is 6.61 Å². The van der Waals surface area contributed by atoms with Crippen LogP contribution >= 0.6 is 11.8 Å². The minimum atomic E-state index is -0.205. The Bertz CT molecular complexity index is 86.2. The monoisotopic (exact) mass is 178 g/mol. The normalized spacial score (nSPS) is 13.9. The highest BCUT2D eigenvalue weighted by atomic mass is 32.2. The lowest BCUT2D eigenvalue weighted by molar-refractivity contribution is 0.0523.